The van der Waals surface area contributed by atoms with Gasteiger partial charge in [-0.15, -0.1) is 11.8 Å². The number of aliphatic hydroxyl groups excluding tert-OH is 3. The summed E-state index contributed by atoms with van der Waals surface area (Å²) in [5, 5.41) is 43.3. The fourth-order valence-corrected chi connectivity index (χ4v) is 6.00. The molecule has 18 heteroatoms. The molecule has 0 spiro atoms. The quantitative estimate of drug-likeness (QED) is 0.0557. The van der Waals surface area contributed by atoms with Crippen LogP contribution in [-0.4, -0.2) is 133 Å². The lowest BCUT2D eigenvalue weighted by molar-refractivity contribution is -0.923. The number of fused-ring (bicyclic) bond motifs is 1. The smallest absolute Gasteiger partial charge is 0.352 e. The van der Waals surface area contributed by atoms with E-state index in [-0.39, 0.29) is 66.3 Å². The van der Waals surface area contributed by atoms with Gasteiger partial charge in [-0.2, -0.15) is 9.36 Å². The molecule has 39 heavy (non-hydrogen) atoms. The Morgan fingerprint density at radius 3 is 2.46 bits per heavy atom. The van der Waals surface area contributed by atoms with Gasteiger partial charge in [0.1, 0.15) is 36.7 Å². The van der Waals surface area contributed by atoms with E-state index in [0.29, 0.717) is 12.1 Å². The lowest BCUT2D eigenvalue weighted by Crippen LogP contribution is -2.71. The largest absolute Gasteiger partial charge is 0.477 e. The number of thioether (sulfide) groups is 1. The van der Waals surface area contributed by atoms with Gasteiger partial charge in [-0.1, -0.05) is 11.2 Å². The summed E-state index contributed by atoms with van der Waals surface area (Å²) in [5.41, 5.74) is 5.15. The van der Waals surface area contributed by atoms with Crippen LogP contribution < -0.4 is 11.1 Å². The summed E-state index contributed by atoms with van der Waals surface area (Å²) in [5.74, 6) is -2.96. The summed E-state index contributed by atoms with van der Waals surface area (Å²) in [6.45, 7) is -0.672. The molecule has 0 bridgehead atoms. The number of carbonyl (C=O) groups is 3. The standard InChI is InChI=1S/C21H28FN7O8S2/c22-11-37-26-13(16-25-21(23)39-27-16)17(33)24-14-18(34)28-15(20(35)36)12(10-38-19(14)28)2-1-3-29(4-7-30,5-8-31)6-9-32/h1-2,14,19,30-32H,3-11H2,(H3-,23,24,25,27,33,35,36)/p+1/t14-,19+/m1/s1. The van der Waals surface area contributed by atoms with Crippen molar-refractivity contribution in [2.24, 2.45) is 5.16 Å². The number of carboxylic acids is 1. The molecule has 1 aromatic heterocycles. The number of nitrogens with two attached hydrogens (primary N) is 1. The van der Waals surface area contributed by atoms with Crippen LogP contribution in [0.3, 0.4) is 0 Å². The van der Waals surface area contributed by atoms with Crippen LogP contribution in [-0.2, 0) is 19.2 Å². The molecule has 2 aliphatic rings. The molecule has 214 valence electrons. The molecule has 0 saturated carbocycles. The number of anilines is 1. The Morgan fingerprint density at radius 1 is 1.26 bits per heavy atom. The Bertz CT molecular complexity index is 1140. The summed E-state index contributed by atoms with van der Waals surface area (Å²) in [4.78, 5) is 47.1. The number of quaternary nitrogens is 1. The number of halogens is 1. The molecule has 0 aliphatic carbocycles. The molecular formula is C21H29FN7O8S2+. The van der Waals surface area contributed by atoms with E-state index in [1.807, 2.05) is 0 Å². The number of nitrogen functional groups attached to an aromatic ring is 1. The SMILES string of the molecule is Nc1nc(C(=NOCF)C(=O)N[C@@H]2C(=O)N3C(C(=O)O)=C(C=CC[N+](CCO)(CCO)CCO)CS[C@@H]23)ns1. The topological polar surface area (TPSA) is 221 Å². The van der Waals surface area contributed by atoms with Crippen LogP contribution in [0, 0.1) is 0 Å². The van der Waals surface area contributed by atoms with E-state index in [0.717, 1.165) is 16.4 Å². The number of rotatable bonds is 15. The van der Waals surface area contributed by atoms with Gasteiger partial charge in [0.25, 0.3) is 18.7 Å². The molecule has 1 fully saturated rings. The maximum Gasteiger partial charge on any atom is 0.352 e. The Morgan fingerprint density at radius 2 is 1.92 bits per heavy atom. The average Bonchev–Trinajstić information content (AvgIpc) is 3.33. The number of carboxylic acid groups (broad SMARTS) is 1. The van der Waals surface area contributed by atoms with Crippen LogP contribution in [0.25, 0.3) is 0 Å². The van der Waals surface area contributed by atoms with E-state index in [1.54, 1.807) is 12.2 Å². The minimum atomic E-state index is -1.33. The summed E-state index contributed by atoms with van der Waals surface area (Å²) < 4.78 is 16.5. The first-order valence-corrected chi connectivity index (χ1v) is 13.5. The molecule has 2 amide bonds. The van der Waals surface area contributed by atoms with E-state index in [2.05, 4.69) is 24.7 Å². The molecule has 3 heterocycles. The van der Waals surface area contributed by atoms with Crippen molar-refractivity contribution in [2.75, 3.05) is 64.3 Å². The first-order valence-electron chi connectivity index (χ1n) is 11.6. The predicted molar refractivity (Wildman–Crippen MR) is 138 cm³/mol. The number of hydrogen-bond donors (Lipinski definition) is 6. The van der Waals surface area contributed by atoms with Crippen molar-refractivity contribution in [3.8, 4) is 0 Å². The minimum absolute atomic E-state index is 0.0245. The third-order valence-corrected chi connectivity index (χ3v) is 7.94. The molecular weight excluding hydrogens is 561 g/mol. The number of oxime groups is 1. The Balaban J connectivity index is 1.77. The Hall–Kier alpha value is -3.16. The number of alkyl halides is 1. The molecule has 1 saturated heterocycles. The maximum atomic E-state index is 13.0. The van der Waals surface area contributed by atoms with Gasteiger partial charge in [-0.25, -0.2) is 9.18 Å². The van der Waals surface area contributed by atoms with Crippen molar-refractivity contribution in [3.63, 3.8) is 0 Å². The number of allylic oxidation sites excluding steroid dienone is 1. The van der Waals surface area contributed by atoms with Crippen molar-refractivity contribution in [1.29, 1.82) is 0 Å². The van der Waals surface area contributed by atoms with Crippen molar-refractivity contribution < 1.29 is 48.5 Å². The molecule has 0 unspecified atom stereocenters. The molecule has 3 rings (SSSR count). The van der Waals surface area contributed by atoms with Crippen molar-refractivity contribution in [3.05, 3.63) is 29.2 Å². The van der Waals surface area contributed by atoms with Gasteiger partial charge >= 0.3 is 5.97 Å². The van der Waals surface area contributed by atoms with E-state index in [1.165, 1.54) is 11.8 Å². The van der Waals surface area contributed by atoms with E-state index >= 15 is 0 Å². The summed E-state index contributed by atoms with van der Waals surface area (Å²) in [6, 6.07) is -1.10. The second-order valence-corrected chi connectivity index (χ2v) is 10.3. The summed E-state index contributed by atoms with van der Waals surface area (Å²) in [7, 11) is 0. The third-order valence-electron chi connectivity index (χ3n) is 6.09. The monoisotopic (exact) mass is 590 g/mol. The van der Waals surface area contributed by atoms with Crippen LogP contribution in [0.2, 0.25) is 0 Å². The first-order chi connectivity index (χ1) is 18.7. The van der Waals surface area contributed by atoms with Gasteiger partial charge in [0.2, 0.25) is 11.5 Å². The second kappa shape index (κ2) is 13.8. The number of amides is 2. The Labute approximate surface area is 230 Å². The van der Waals surface area contributed by atoms with Crippen LogP contribution in [0.5, 0.6) is 0 Å². The fraction of sp³-hybridized carbons (Fsp3) is 0.524. The van der Waals surface area contributed by atoms with E-state index in [9.17, 15) is 39.2 Å². The number of nitrogens with zero attached hydrogens (tertiary/aromatic N) is 5. The third kappa shape index (κ3) is 6.89. The molecule has 0 aromatic carbocycles. The van der Waals surface area contributed by atoms with Crippen molar-refractivity contribution in [2.45, 2.75) is 11.4 Å². The highest BCUT2D eigenvalue weighted by Gasteiger charge is 2.54. The average molecular weight is 591 g/mol. The van der Waals surface area contributed by atoms with Gasteiger partial charge in [0.05, 0.1) is 26.4 Å². The van der Waals surface area contributed by atoms with E-state index in [4.69, 9.17) is 5.73 Å². The zero-order valence-corrected chi connectivity index (χ0v) is 22.2. The van der Waals surface area contributed by atoms with Gasteiger partial charge in [0, 0.05) is 17.3 Å². The van der Waals surface area contributed by atoms with Crippen LogP contribution in [0.4, 0.5) is 9.52 Å². The zero-order valence-electron chi connectivity index (χ0n) is 20.6. The van der Waals surface area contributed by atoms with Gasteiger partial charge < -0.3 is 40.8 Å². The number of aromatic nitrogens is 2. The second-order valence-electron chi connectivity index (χ2n) is 8.44. The number of nitrogens with one attached hydrogen (secondary N) is 1. The molecule has 1 aromatic rings. The highest BCUT2D eigenvalue weighted by molar-refractivity contribution is 8.00. The molecule has 0 radical (unpaired) electrons. The molecule has 15 nitrogen and oxygen atoms in total. The lowest BCUT2D eigenvalue weighted by atomic mass is 10.0. The Kier molecular flexibility index (Phi) is 10.7. The number of aliphatic hydroxyl groups is 3. The number of aliphatic carboxylic acids is 1. The van der Waals surface area contributed by atoms with E-state index < -0.39 is 41.8 Å². The van der Waals surface area contributed by atoms with Crippen molar-refractivity contribution in [1.82, 2.24) is 19.6 Å². The number of β-lactam (4-membered cyclic amide) rings is 1. The fourth-order valence-electron chi connectivity index (χ4n) is 4.25. The summed E-state index contributed by atoms with van der Waals surface area (Å²) >= 11 is 2.00. The number of hydrogen-bond acceptors (Lipinski definition) is 13. The molecule has 7 N–H and O–H groups in total. The predicted octanol–water partition coefficient (Wildman–Crippen LogP) is -2.14. The minimum Gasteiger partial charge on any atom is -0.477 e. The maximum absolute atomic E-state index is 13.0. The highest BCUT2D eigenvalue weighted by atomic mass is 32.2. The zero-order chi connectivity index (χ0) is 28.6. The van der Waals surface area contributed by atoms with Gasteiger partial charge in [-0.3, -0.25) is 14.5 Å². The molecule has 2 atom stereocenters. The van der Waals surface area contributed by atoms with Crippen LogP contribution in [0.1, 0.15) is 5.82 Å². The van der Waals surface area contributed by atoms with Crippen LogP contribution in [0.15, 0.2) is 28.6 Å². The summed E-state index contributed by atoms with van der Waals surface area (Å²) in [6.07, 6.45) is 3.26. The van der Waals surface area contributed by atoms with Crippen molar-refractivity contribution >= 4 is 51.9 Å². The number of carbonyl (C=O) groups excluding carboxylic acids is 2. The first kappa shape index (κ1) is 30.4. The molecule has 2 aliphatic heterocycles. The highest BCUT2D eigenvalue weighted by Crippen LogP contribution is 2.40. The normalized spacial score (nSPS) is 19.7. The lowest BCUT2D eigenvalue weighted by Gasteiger charge is -2.49. The van der Waals surface area contributed by atoms with Gasteiger partial charge in [-0.05, 0) is 11.6 Å². The van der Waals surface area contributed by atoms with Gasteiger partial charge in [0.15, 0.2) is 5.13 Å². The van der Waals surface area contributed by atoms with Crippen LogP contribution >= 0.6 is 23.3 Å².